The fourth-order valence-electron chi connectivity index (χ4n) is 3.95. The van der Waals surface area contributed by atoms with E-state index in [4.69, 9.17) is 4.74 Å². The monoisotopic (exact) mass is 327 g/mol. The van der Waals surface area contributed by atoms with Gasteiger partial charge in [-0.1, -0.05) is 44.0 Å². The molecule has 0 atom stereocenters. The Bertz CT molecular complexity index is 517. The lowest BCUT2D eigenvalue weighted by Crippen LogP contribution is -2.32. The minimum atomic E-state index is 0.828. The summed E-state index contributed by atoms with van der Waals surface area (Å²) >= 11 is 0. The molecule has 3 rings (SSSR count). The van der Waals surface area contributed by atoms with Crippen molar-refractivity contribution in [2.24, 2.45) is 0 Å². The van der Waals surface area contributed by atoms with Gasteiger partial charge in [0.05, 0.1) is 0 Å². The molecule has 0 aromatic heterocycles. The van der Waals surface area contributed by atoms with E-state index in [0.29, 0.717) is 0 Å². The van der Waals surface area contributed by atoms with Crippen LogP contribution in [-0.4, -0.2) is 31.1 Å². The van der Waals surface area contributed by atoms with Gasteiger partial charge in [-0.25, -0.2) is 0 Å². The third-order valence-corrected chi connectivity index (χ3v) is 5.51. The lowest BCUT2D eigenvalue weighted by atomic mass is 9.92. The zero-order valence-electron chi connectivity index (χ0n) is 15.4. The molecule has 2 nitrogen and oxygen atoms in total. The Morgan fingerprint density at radius 2 is 1.58 bits per heavy atom. The molecule has 1 aliphatic heterocycles. The number of piperidine rings is 1. The maximum absolute atomic E-state index is 6.38. The number of nitrogens with zero attached hydrogens (tertiary/aromatic N) is 1. The van der Waals surface area contributed by atoms with E-state index in [2.05, 4.69) is 36.1 Å². The molecular weight excluding hydrogens is 294 g/mol. The second-order valence-corrected chi connectivity index (χ2v) is 7.29. The molecule has 1 aliphatic carbocycles. The van der Waals surface area contributed by atoms with Crippen LogP contribution in [-0.2, 0) is 11.2 Å². The molecule has 0 spiro atoms. The van der Waals surface area contributed by atoms with Crippen molar-refractivity contribution < 1.29 is 4.74 Å². The molecule has 0 unspecified atom stereocenters. The Balaban J connectivity index is 1.67. The van der Waals surface area contributed by atoms with Gasteiger partial charge in [0.25, 0.3) is 0 Å². The zero-order chi connectivity index (χ0) is 16.6. The number of benzene rings is 1. The number of ether oxygens (including phenoxy) is 1. The van der Waals surface area contributed by atoms with Gasteiger partial charge in [0.1, 0.15) is 12.4 Å². The second kappa shape index (κ2) is 9.27. The van der Waals surface area contributed by atoms with Crippen molar-refractivity contribution >= 4 is 5.76 Å². The van der Waals surface area contributed by atoms with Crippen molar-refractivity contribution in [3.63, 3.8) is 0 Å². The average molecular weight is 328 g/mol. The standard InChI is InChI=1S/C22H33NO/c1-2-19-11-13-21(14-12-19)22(20-9-5-3-6-10-20)24-18-17-23-15-7-4-8-16-23/h11-14H,2-10,15-18H2,1H3. The molecule has 1 saturated heterocycles. The van der Waals surface area contributed by atoms with Gasteiger partial charge >= 0.3 is 0 Å². The topological polar surface area (TPSA) is 12.5 Å². The van der Waals surface area contributed by atoms with Crippen LogP contribution in [0.2, 0.25) is 0 Å². The molecule has 1 saturated carbocycles. The minimum absolute atomic E-state index is 0.828. The first kappa shape index (κ1) is 17.5. The number of allylic oxidation sites excluding steroid dienone is 1. The normalized spacial score (nSPS) is 19.3. The minimum Gasteiger partial charge on any atom is -0.492 e. The molecule has 0 radical (unpaired) electrons. The summed E-state index contributed by atoms with van der Waals surface area (Å²) in [6, 6.07) is 9.03. The van der Waals surface area contributed by atoms with Crippen LogP contribution in [0.1, 0.15) is 69.4 Å². The Kier molecular flexibility index (Phi) is 6.77. The van der Waals surface area contributed by atoms with Gasteiger partial charge in [-0.05, 0) is 69.2 Å². The number of hydrogen-bond acceptors (Lipinski definition) is 2. The van der Waals surface area contributed by atoms with Gasteiger partial charge in [0.15, 0.2) is 0 Å². The SMILES string of the molecule is CCc1ccc(C(OCCN2CCCCC2)=C2CCCCC2)cc1. The third kappa shape index (κ3) is 4.86. The maximum Gasteiger partial charge on any atom is 0.125 e. The Morgan fingerprint density at radius 1 is 0.917 bits per heavy atom. The van der Waals surface area contributed by atoms with Crippen LogP contribution in [0.4, 0.5) is 0 Å². The van der Waals surface area contributed by atoms with Crippen molar-refractivity contribution in [3.05, 3.63) is 41.0 Å². The van der Waals surface area contributed by atoms with Gasteiger partial charge in [0.2, 0.25) is 0 Å². The van der Waals surface area contributed by atoms with E-state index in [9.17, 15) is 0 Å². The molecule has 132 valence electrons. The highest BCUT2D eigenvalue weighted by Crippen LogP contribution is 2.31. The summed E-state index contributed by atoms with van der Waals surface area (Å²) in [6.07, 6.45) is 11.7. The first-order valence-corrected chi connectivity index (χ1v) is 10.0. The third-order valence-electron chi connectivity index (χ3n) is 5.51. The van der Waals surface area contributed by atoms with Crippen molar-refractivity contribution in [2.45, 2.75) is 64.7 Å². The van der Waals surface area contributed by atoms with E-state index >= 15 is 0 Å². The van der Waals surface area contributed by atoms with Crippen LogP contribution < -0.4 is 0 Å². The second-order valence-electron chi connectivity index (χ2n) is 7.29. The van der Waals surface area contributed by atoms with Crippen LogP contribution in [0.15, 0.2) is 29.8 Å². The van der Waals surface area contributed by atoms with Crippen LogP contribution in [0, 0.1) is 0 Å². The molecule has 2 aliphatic rings. The van der Waals surface area contributed by atoms with Crippen LogP contribution in [0.3, 0.4) is 0 Å². The summed E-state index contributed by atoms with van der Waals surface area (Å²) < 4.78 is 6.38. The Hall–Kier alpha value is -1.28. The fourth-order valence-corrected chi connectivity index (χ4v) is 3.95. The molecule has 0 bridgehead atoms. The van der Waals surface area contributed by atoms with Gasteiger partial charge < -0.3 is 4.74 Å². The highest BCUT2D eigenvalue weighted by molar-refractivity contribution is 5.63. The van der Waals surface area contributed by atoms with E-state index in [1.165, 1.54) is 81.3 Å². The quantitative estimate of drug-likeness (QED) is 0.646. The summed E-state index contributed by atoms with van der Waals surface area (Å²) in [7, 11) is 0. The first-order chi connectivity index (χ1) is 11.9. The first-order valence-electron chi connectivity index (χ1n) is 10.0. The van der Waals surface area contributed by atoms with Crippen molar-refractivity contribution in [1.29, 1.82) is 0 Å². The van der Waals surface area contributed by atoms with Gasteiger partial charge in [-0.15, -0.1) is 0 Å². The van der Waals surface area contributed by atoms with Crippen LogP contribution >= 0.6 is 0 Å². The van der Waals surface area contributed by atoms with Crippen LogP contribution in [0.5, 0.6) is 0 Å². The molecule has 1 heterocycles. The molecule has 1 aromatic carbocycles. The molecule has 1 aromatic rings. The van der Waals surface area contributed by atoms with Crippen LogP contribution in [0.25, 0.3) is 5.76 Å². The van der Waals surface area contributed by atoms with Crippen molar-refractivity contribution in [3.8, 4) is 0 Å². The van der Waals surface area contributed by atoms with Gasteiger partial charge in [-0.2, -0.15) is 0 Å². The van der Waals surface area contributed by atoms with Gasteiger partial charge in [-0.3, -0.25) is 4.90 Å². The van der Waals surface area contributed by atoms with Gasteiger partial charge in [0, 0.05) is 12.1 Å². The fraction of sp³-hybridized carbons (Fsp3) is 0.636. The largest absolute Gasteiger partial charge is 0.492 e. The van der Waals surface area contributed by atoms with E-state index in [0.717, 1.165) is 19.6 Å². The number of rotatable bonds is 6. The number of likely N-dealkylation sites (tertiary alicyclic amines) is 1. The summed E-state index contributed by atoms with van der Waals surface area (Å²) in [5.74, 6) is 1.19. The molecular formula is C22H33NO. The summed E-state index contributed by atoms with van der Waals surface area (Å²) in [5, 5.41) is 0. The Morgan fingerprint density at radius 3 is 2.25 bits per heavy atom. The average Bonchev–Trinajstić information content (AvgIpc) is 2.67. The van der Waals surface area contributed by atoms with E-state index in [1.54, 1.807) is 5.57 Å². The zero-order valence-corrected chi connectivity index (χ0v) is 15.4. The molecule has 2 fully saturated rings. The summed E-state index contributed by atoms with van der Waals surface area (Å²) in [5.41, 5.74) is 4.23. The van der Waals surface area contributed by atoms with Crippen molar-refractivity contribution in [2.75, 3.05) is 26.2 Å². The number of aryl methyl sites for hydroxylation is 1. The number of hydrogen-bond donors (Lipinski definition) is 0. The lowest BCUT2D eigenvalue weighted by molar-refractivity contribution is 0.168. The maximum atomic E-state index is 6.38. The summed E-state index contributed by atoms with van der Waals surface area (Å²) in [4.78, 5) is 2.56. The lowest BCUT2D eigenvalue weighted by Gasteiger charge is -2.27. The van der Waals surface area contributed by atoms with E-state index in [-0.39, 0.29) is 0 Å². The van der Waals surface area contributed by atoms with E-state index in [1.807, 2.05) is 0 Å². The van der Waals surface area contributed by atoms with E-state index < -0.39 is 0 Å². The predicted octanol–water partition coefficient (Wildman–Crippen LogP) is 5.43. The highest BCUT2D eigenvalue weighted by atomic mass is 16.5. The van der Waals surface area contributed by atoms with Crippen molar-refractivity contribution in [1.82, 2.24) is 4.90 Å². The molecule has 0 N–H and O–H groups in total. The molecule has 2 heteroatoms. The highest BCUT2D eigenvalue weighted by Gasteiger charge is 2.16. The molecule has 24 heavy (non-hydrogen) atoms. The predicted molar refractivity (Wildman–Crippen MR) is 102 cm³/mol. The summed E-state index contributed by atoms with van der Waals surface area (Å²) in [6.45, 7) is 6.61. The smallest absolute Gasteiger partial charge is 0.125 e. The Labute approximate surface area is 147 Å². The molecule has 0 amide bonds.